The van der Waals surface area contributed by atoms with Gasteiger partial charge in [0.2, 0.25) is 5.91 Å². The normalized spacial score (nSPS) is 21.6. The highest BCUT2D eigenvalue weighted by atomic mass is 35.5. The highest BCUT2D eigenvalue weighted by molar-refractivity contribution is 7.11. The Morgan fingerprint density at radius 2 is 2.25 bits per heavy atom. The Bertz CT molecular complexity index is 433. The third-order valence-electron chi connectivity index (χ3n) is 3.52. The van der Waals surface area contributed by atoms with E-state index in [1.807, 2.05) is 25.1 Å². The molecule has 0 spiro atoms. The van der Waals surface area contributed by atoms with Crippen molar-refractivity contribution in [3.63, 3.8) is 0 Å². The van der Waals surface area contributed by atoms with E-state index in [4.69, 9.17) is 0 Å². The number of rotatable bonds is 3. The minimum atomic E-state index is -0.243. The predicted molar refractivity (Wildman–Crippen MR) is 88.0 cm³/mol. The average molecular weight is 340 g/mol. The molecule has 1 amide bonds. The summed E-state index contributed by atoms with van der Waals surface area (Å²) in [5, 5.41) is 4.37. The standard InChI is InChI=1S/C13H21N3OS.2ClH/c1-10-15-7-11(18-10)8-16(3)12(17)13(2)5-4-6-14-9-13;;/h7,14H,4-6,8-9H2,1-3H3;2*1H. The van der Waals surface area contributed by atoms with Gasteiger partial charge in [-0.25, -0.2) is 4.98 Å². The number of halogens is 2. The van der Waals surface area contributed by atoms with Gasteiger partial charge in [0.25, 0.3) is 0 Å². The maximum atomic E-state index is 12.5. The first-order valence-corrected chi connectivity index (χ1v) is 7.20. The predicted octanol–water partition coefficient (Wildman–Crippen LogP) is 2.64. The van der Waals surface area contributed by atoms with Gasteiger partial charge in [0, 0.05) is 24.7 Å². The third-order valence-corrected chi connectivity index (χ3v) is 4.42. The van der Waals surface area contributed by atoms with Crippen molar-refractivity contribution in [2.45, 2.75) is 33.2 Å². The molecule has 1 atom stereocenters. The monoisotopic (exact) mass is 339 g/mol. The Balaban J connectivity index is 0.00000180. The van der Waals surface area contributed by atoms with Gasteiger partial charge >= 0.3 is 0 Å². The highest BCUT2D eigenvalue weighted by Gasteiger charge is 2.36. The van der Waals surface area contributed by atoms with Crippen LogP contribution >= 0.6 is 36.2 Å². The second-order valence-electron chi connectivity index (χ2n) is 5.35. The summed E-state index contributed by atoms with van der Waals surface area (Å²) in [5.74, 6) is 0.237. The fourth-order valence-electron chi connectivity index (χ4n) is 2.48. The van der Waals surface area contributed by atoms with E-state index in [0.29, 0.717) is 6.54 Å². The molecule has 0 radical (unpaired) electrons. The minimum Gasteiger partial charge on any atom is -0.340 e. The molecule has 1 unspecified atom stereocenters. The average Bonchev–Trinajstić information content (AvgIpc) is 2.74. The zero-order valence-electron chi connectivity index (χ0n) is 12.1. The summed E-state index contributed by atoms with van der Waals surface area (Å²) in [7, 11) is 1.89. The van der Waals surface area contributed by atoms with Gasteiger partial charge in [0.05, 0.1) is 17.0 Å². The maximum absolute atomic E-state index is 12.5. The van der Waals surface area contributed by atoms with Crippen molar-refractivity contribution in [1.82, 2.24) is 15.2 Å². The third kappa shape index (κ3) is 4.58. The van der Waals surface area contributed by atoms with Crippen LogP contribution in [0, 0.1) is 12.3 Å². The Hall–Kier alpha value is -0.360. The van der Waals surface area contributed by atoms with Crippen molar-refractivity contribution >= 4 is 42.1 Å². The molecule has 4 nitrogen and oxygen atoms in total. The van der Waals surface area contributed by atoms with Crippen molar-refractivity contribution in [3.05, 3.63) is 16.1 Å². The van der Waals surface area contributed by atoms with Crippen molar-refractivity contribution in [1.29, 1.82) is 0 Å². The van der Waals surface area contributed by atoms with Gasteiger partial charge < -0.3 is 10.2 Å². The molecule has 0 aromatic carbocycles. The molecule has 2 rings (SSSR count). The smallest absolute Gasteiger partial charge is 0.229 e. The lowest BCUT2D eigenvalue weighted by Gasteiger charge is -2.35. The first-order valence-electron chi connectivity index (χ1n) is 6.39. The summed E-state index contributed by atoms with van der Waals surface area (Å²) >= 11 is 1.66. The van der Waals surface area contributed by atoms with Crippen molar-refractivity contribution in [2.24, 2.45) is 5.41 Å². The second kappa shape index (κ2) is 8.17. The Morgan fingerprint density at radius 3 is 2.75 bits per heavy atom. The van der Waals surface area contributed by atoms with E-state index in [1.54, 1.807) is 11.3 Å². The summed E-state index contributed by atoms with van der Waals surface area (Å²) < 4.78 is 0. The van der Waals surface area contributed by atoms with Crippen LogP contribution in [-0.2, 0) is 11.3 Å². The van der Waals surface area contributed by atoms with Crippen LogP contribution in [0.25, 0.3) is 0 Å². The van der Waals surface area contributed by atoms with Gasteiger partial charge in [-0.15, -0.1) is 36.2 Å². The molecular formula is C13H23Cl2N3OS. The van der Waals surface area contributed by atoms with E-state index in [0.717, 1.165) is 35.8 Å². The van der Waals surface area contributed by atoms with Crippen LogP contribution in [0.5, 0.6) is 0 Å². The molecule has 116 valence electrons. The molecule has 1 aromatic heterocycles. The lowest BCUT2D eigenvalue weighted by Crippen LogP contribution is -2.48. The SMILES string of the molecule is Cc1ncc(CN(C)C(=O)C2(C)CCCNC2)s1.Cl.Cl. The van der Waals surface area contributed by atoms with Gasteiger partial charge in [-0.1, -0.05) is 0 Å². The molecule has 2 heterocycles. The molecule has 1 fully saturated rings. The highest BCUT2D eigenvalue weighted by Crippen LogP contribution is 2.28. The summed E-state index contributed by atoms with van der Waals surface area (Å²) in [5.41, 5.74) is -0.243. The van der Waals surface area contributed by atoms with E-state index in [9.17, 15) is 4.79 Å². The van der Waals surface area contributed by atoms with Crippen molar-refractivity contribution < 1.29 is 4.79 Å². The van der Waals surface area contributed by atoms with Gasteiger partial charge in [-0.2, -0.15) is 0 Å². The van der Waals surface area contributed by atoms with Crippen LogP contribution in [0.15, 0.2) is 6.20 Å². The van der Waals surface area contributed by atoms with Gasteiger partial charge in [-0.05, 0) is 33.2 Å². The van der Waals surface area contributed by atoms with Gasteiger partial charge in [0.15, 0.2) is 0 Å². The minimum absolute atomic E-state index is 0. The molecule has 1 saturated heterocycles. The number of hydrogen-bond acceptors (Lipinski definition) is 4. The molecular weight excluding hydrogens is 317 g/mol. The van der Waals surface area contributed by atoms with E-state index in [1.165, 1.54) is 0 Å². The van der Waals surface area contributed by atoms with E-state index in [-0.39, 0.29) is 36.1 Å². The summed E-state index contributed by atoms with van der Waals surface area (Å²) in [6.07, 6.45) is 3.92. The van der Waals surface area contributed by atoms with E-state index < -0.39 is 0 Å². The number of hydrogen-bond donors (Lipinski definition) is 1. The number of nitrogens with one attached hydrogen (secondary N) is 1. The van der Waals surface area contributed by atoms with E-state index >= 15 is 0 Å². The van der Waals surface area contributed by atoms with E-state index in [2.05, 4.69) is 17.2 Å². The second-order valence-corrected chi connectivity index (χ2v) is 6.67. The van der Waals surface area contributed by atoms with Crippen molar-refractivity contribution in [3.8, 4) is 0 Å². The molecule has 20 heavy (non-hydrogen) atoms. The number of nitrogens with zero attached hydrogens (tertiary/aromatic N) is 2. The topological polar surface area (TPSA) is 45.2 Å². The Kier molecular flexibility index (Phi) is 8.03. The van der Waals surface area contributed by atoms with Gasteiger partial charge in [-0.3, -0.25) is 4.79 Å². The molecule has 1 N–H and O–H groups in total. The largest absolute Gasteiger partial charge is 0.340 e. The fourth-order valence-corrected chi connectivity index (χ4v) is 3.33. The quantitative estimate of drug-likeness (QED) is 0.920. The molecule has 0 saturated carbocycles. The Morgan fingerprint density at radius 1 is 1.55 bits per heavy atom. The van der Waals surface area contributed by atoms with Crippen molar-refractivity contribution in [2.75, 3.05) is 20.1 Å². The first-order chi connectivity index (χ1) is 8.51. The van der Waals surface area contributed by atoms with Crippen LogP contribution in [0.3, 0.4) is 0 Å². The summed E-state index contributed by atoms with van der Waals surface area (Å²) in [6, 6.07) is 0. The Labute approximate surface area is 137 Å². The molecule has 1 aromatic rings. The molecule has 0 bridgehead atoms. The van der Waals surface area contributed by atoms with Crippen LogP contribution in [0.2, 0.25) is 0 Å². The van der Waals surface area contributed by atoms with Crippen LogP contribution in [0.4, 0.5) is 0 Å². The number of amides is 1. The lowest BCUT2D eigenvalue weighted by molar-refractivity contribution is -0.141. The number of carbonyl (C=O) groups excluding carboxylic acids is 1. The van der Waals surface area contributed by atoms with Crippen LogP contribution in [-0.4, -0.2) is 35.9 Å². The first kappa shape index (κ1) is 19.6. The number of aromatic nitrogens is 1. The number of piperidine rings is 1. The number of thiazole rings is 1. The maximum Gasteiger partial charge on any atom is 0.229 e. The summed E-state index contributed by atoms with van der Waals surface area (Å²) in [4.78, 5) is 19.7. The number of aryl methyl sites for hydroxylation is 1. The van der Waals surface area contributed by atoms with Gasteiger partial charge in [0.1, 0.15) is 0 Å². The number of carbonyl (C=O) groups is 1. The molecule has 1 aliphatic heterocycles. The molecule has 0 aliphatic carbocycles. The molecule has 1 aliphatic rings. The summed E-state index contributed by atoms with van der Waals surface area (Å²) in [6.45, 7) is 6.54. The molecule has 7 heteroatoms. The lowest BCUT2D eigenvalue weighted by atomic mass is 9.81. The zero-order valence-corrected chi connectivity index (χ0v) is 14.6. The van der Waals surface area contributed by atoms with Crippen LogP contribution in [0.1, 0.15) is 29.7 Å². The fraction of sp³-hybridized carbons (Fsp3) is 0.692. The zero-order chi connectivity index (χ0) is 13.2. The van der Waals surface area contributed by atoms with Crippen LogP contribution < -0.4 is 5.32 Å².